The van der Waals surface area contributed by atoms with Crippen LogP contribution in [0.15, 0.2) is 55.0 Å². The van der Waals surface area contributed by atoms with Crippen LogP contribution in [0.5, 0.6) is 0 Å². The van der Waals surface area contributed by atoms with Gasteiger partial charge in [0, 0.05) is 54.8 Å². The molecule has 0 spiro atoms. The fourth-order valence-corrected chi connectivity index (χ4v) is 3.05. The molecule has 1 aliphatic heterocycles. The van der Waals surface area contributed by atoms with Crippen LogP contribution in [-0.2, 0) is 4.74 Å². The fraction of sp³-hybridized carbons (Fsp3) is 0.200. The molecule has 29 heavy (non-hydrogen) atoms. The van der Waals surface area contributed by atoms with Crippen LogP contribution in [0.4, 0.5) is 28.7 Å². The lowest BCUT2D eigenvalue weighted by molar-refractivity contribution is 0.0996. The molecule has 148 valence electrons. The third-order valence-electron chi connectivity index (χ3n) is 4.47. The van der Waals surface area contributed by atoms with Gasteiger partial charge in [-0.3, -0.25) is 4.79 Å². The van der Waals surface area contributed by atoms with Crippen molar-refractivity contribution in [1.82, 2.24) is 15.0 Å². The maximum absolute atomic E-state index is 11.5. The van der Waals surface area contributed by atoms with Crippen molar-refractivity contribution in [1.29, 1.82) is 0 Å². The molecule has 4 N–H and O–H groups in total. The van der Waals surface area contributed by atoms with Crippen LogP contribution in [-0.4, -0.2) is 47.2 Å². The van der Waals surface area contributed by atoms with Gasteiger partial charge in [0.15, 0.2) is 11.5 Å². The number of hydrogen-bond acceptors (Lipinski definition) is 8. The molecule has 2 aromatic heterocycles. The number of nitrogens with two attached hydrogens (primary N) is 1. The van der Waals surface area contributed by atoms with Gasteiger partial charge in [-0.2, -0.15) is 0 Å². The zero-order valence-corrected chi connectivity index (χ0v) is 15.7. The van der Waals surface area contributed by atoms with Crippen LogP contribution in [0.2, 0.25) is 0 Å². The van der Waals surface area contributed by atoms with Crippen molar-refractivity contribution in [3.8, 4) is 0 Å². The van der Waals surface area contributed by atoms with E-state index in [2.05, 4.69) is 42.6 Å². The third-order valence-corrected chi connectivity index (χ3v) is 4.47. The number of morpholine rings is 1. The number of pyridine rings is 1. The second-order valence-electron chi connectivity index (χ2n) is 6.44. The van der Waals surface area contributed by atoms with Crippen molar-refractivity contribution >= 4 is 34.6 Å². The Morgan fingerprint density at radius 1 is 0.931 bits per heavy atom. The number of primary amides is 1. The molecule has 9 heteroatoms. The van der Waals surface area contributed by atoms with E-state index in [0.717, 1.165) is 32.0 Å². The van der Waals surface area contributed by atoms with Gasteiger partial charge in [0.25, 0.3) is 5.91 Å². The Bertz CT molecular complexity index is 988. The lowest BCUT2D eigenvalue weighted by Crippen LogP contribution is -2.36. The molecule has 3 heterocycles. The molecule has 0 radical (unpaired) electrons. The highest BCUT2D eigenvalue weighted by molar-refractivity contribution is 5.96. The number of benzene rings is 1. The van der Waals surface area contributed by atoms with Gasteiger partial charge in [-0.15, -0.1) is 0 Å². The predicted octanol–water partition coefficient (Wildman–Crippen LogP) is 2.29. The minimum atomic E-state index is -0.645. The van der Waals surface area contributed by atoms with E-state index in [-0.39, 0.29) is 5.69 Å². The number of hydrogen-bond donors (Lipinski definition) is 3. The average Bonchev–Trinajstić information content (AvgIpc) is 2.75. The van der Waals surface area contributed by atoms with Crippen molar-refractivity contribution in [3.05, 3.63) is 60.7 Å². The molecule has 1 aromatic carbocycles. The first-order chi connectivity index (χ1) is 14.2. The lowest BCUT2D eigenvalue weighted by Gasteiger charge is -2.28. The molecule has 0 unspecified atom stereocenters. The summed E-state index contributed by atoms with van der Waals surface area (Å²) in [5, 5.41) is 6.33. The van der Waals surface area contributed by atoms with Gasteiger partial charge in [-0.05, 0) is 30.3 Å². The molecule has 0 bridgehead atoms. The topological polar surface area (TPSA) is 118 Å². The van der Waals surface area contributed by atoms with Gasteiger partial charge in [0.05, 0.1) is 13.2 Å². The number of nitrogens with zero attached hydrogens (tertiary/aromatic N) is 4. The Morgan fingerprint density at radius 3 is 2.45 bits per heavy atom. The Morgan fingerprint density at radius 2 is 1.69 bits per heavy atom. The summed E-state index contributed by atoms with van der Waals surface area (Å²) in [5.41, 5.74) is 8.23. The van der Waals surface area contributed by atoms with E-state index in [1.165, 1.54) is 18.1 Å². The summed E-state index contributed by atoms with van der Waals surface area (Å²) in [6.07, 6.45) is 4.57. The zero-order chi connectivity index (χ0) is 20.1. The van der Waals surface area contributed by atoms with Crippen molar-refractivity contribution < 1.29 is 9.53 Å². The van der Waals surface area contributed by atoms with E-state index >= 15 is 0 Å². The smallest absolute Gasteiger partial charge is 0.271 e. The van der Waals surface area contributed by atoms with Crippen LogP contribution >= 0.6 is 0 Å². The Labute approximate surface area is 167 Å². The SMILES string of the molecule is NC(=O)c1nccnc1Nc1ccnc(Nc2ccc(N3CCOCC3)cc2)c1. The number of nitrogens with one attached hydrogen (secondary N) is 2. The maximum atomic E-state index is 11.5. The zero-order valence-electron chi connectivity index (χ0n) is 15.7. The molecule has 1 aliphatic rings. The summed E-state index contributed by atoms with van der Waals surface area (Å²) in [5.74, 6) is 0.305. The maximum Gasteiger partial charge on any atom is 0.271 e. The molecular weight excluding hydrogens is 370 g/mol. The predicted molar refractivity (Wildman–Crippen MR) is 111 cm³/mol. The Balaban J connectivity index is 1.46. The largest absolute Gasteiger partial charge is 0.378 e. The van der Waals surface area contributed by atoms with Crippen LogP contribution in [0.1, 0.15) is 10.5 Å². The molecule has 1 fully saturated rings. The number of ether oxygens (including phenoxy) is 1. The molecular formula is C20H21N7O2. The van der Waals surface area contributed by atoms with Crippen LogP contribution in [0.25, 0.3) is 0 Å². The summed E-state index contributed by atoms with van der Waals surface area (Å²) in [6.45, 7) is 3.31. The van der Waals surface area contributed by atoms with Crippen LogP contribution in [0.3, 0.4) is 0 Å². The molecule has 0 saturated carbocycles. The summed E-state index contributed by atoms with van der Waals surface area (Å²) < 4.78 is 5.40. The summed E-state index contributed by atoms with van der Waals surface area (Å²) in [4.78, 5) is 26.2. The first-order valence-corrected chi connectivity index (χ1v) is 9.23. The molecule has 0 aliphatic carbocycles. The number of carbonyl (C=O) groups excluding carboxylic acids is 1. The standard InChI is InChI=1S/C20H21N7O2/c21-19(28)18-20(24-8-7-23-18)26-15-5-6-22-17(13-15)25-14-1-3-16(4-2-14)27-9-11-29-12-10-27/h1-8,13H,9-12H2,(H2,21,28)(H2,22,24,25,26). The minimum Gasteiger partial charge on any atom is -0.378 e. The molecule has 1 saturated heterocycles. The highest BCUT2D eigenvalue weighted by Crippen LogP contribution is 2.23. The molecule has 1 amide bonds. The molecule has 4 rings (SSSR count). The number of carbonyl (C=O) groups is 1. The van der Waals surface area contributed by atoms with Gasteiger partial charge in [0.1, 0.15) is 5.82 Å². The second-order valence-corrected chi connectivity index (χ2v) is 6.44. The van der Waals surface area contributed by atoms with Crippen molar-refractivity contribution in [2.75, 3.05) is 41.8 Å². The quantitative estimate of drug-likeness (QED) is 0.586. The highest BCUT2D eigenvalue weighted by atomic mass is 16.5. The monoisotopic (exact) mass is 391 g/mol. The average molecular weight is 391 g/mol. The Kier molecular flexibility index (Phi) is 5.48. The van der Waals surface area contributed by atoms with Gasteiger partial charge < -0.3 is 26.0 Å². The van der Waals surface area contributed by atoms with Gasteiger partial charge in [0.2, 0.25) is 0 Å². The van der Waals surface area contributed by atoms with Gasteiger partial charge >= 0.3 is 0 Å². The normalized spacial score (nSPS) is 13.7. The van der Waals surface area contributed by atoms with Crippen molar-refractivity contribution in [2.45, 2.75) is 0 Å². The molecule has 0 atom stereocenters. The number of anilines is 5. The Hall–Kier alpha value is -3.72. The van der Waals surface area contributed by atoms with Crippen molar-refractivity contribution in [2.24, 2.45) is 5.73 Å². The summed E-state index contributed by atoms with van der Waals surface area (Å²) in [7, 11) is 0. The number of rotatable bonds is 6. The molecule has 9 nitrogen and oxygen atoms in total. The number of aromatic nitrogens is 3. The van der Waals surface area contributed by atoms with Crippen LogP contribution < -0.4 is 21.3 Å². The van der Waals surface area contributed by atoms with Gasteiger partial charge in [-0.1, -0.05) is 0 Å². The van der Waals surface area contributed by atoms with E-state index in [1.54, 1.807) is 12.3 Å². The third kappa shape index (κ3) is 4.58. The van der Waals surface area contributed by atoms with Crippen molar-refractivity contribution in [3.63, 3.8) is 0 Å². The lowest BCUT2D eigenvalue weighted by atomic mass is 10.2. The molecule has 3 aromatic rings. The van der Waals surface area contributed by atoms with Gasteiger partial charge in [-0.25, -0.2) is 15.0 Å². The number of amides is 1. The van der Waals surface area contributed by atoms with E-state index in [1.807, 2.05) is 18.2 Å². The summed E-state index contributed by atoms with van der Waals surface area (Å²) >= 11 is 0. The van der Waals surface area contributed by atoms with E-state index in [9.17, 15) is 4.79 Å². The fourth-order valence-electron chi connectivity index (χ4n) is 3.05. The van der Waals surface area contributed by atoms with E-state index in [0.29, 0.717) is 17.3 Å². The second kappa shape index (κ2) is 8.53. The summed E-state index contributed by atoms with van der Waals surface area (Å²) in [6, 6.07) is 11.8. The minimum absolute atomic E-state index is 0.0810. The highest BCUT2D eigenvalue weighted by Gasteiger charge is 2.12. The van der Waals surface area contributed by atoms with E-state index < -0.39 is 5.91 Å². The van der Waals surface area contributed by atoms with E-state index in [4.69, 9.17) is 10.5 Å². The van der Waals surface area contributed by atoms with Crippen LogP contribution in [0, 0.1) is 0 Å². The first kappa shape index (κ1) is 18.6. The first-order valence-electron chi connectivity index (χ1n) is 9.23.